The number of aryl methyl sites for hydroxylation is 1. The molecule has 10 nitrogen and oxygen atoms in total. The van der Waals surface area contributed by atoms with Gasteiger partial charge < -0.3 is 5.32 Å². The lowest BCUT2D eigenvalue weighted by Crippen LogP contribution is -2.18. The molecular formula is C28H23N7O3S2. The average Bonchev–Trinajstić information content (AvgIpc) is 3.56. The van der Waals surface area contributed by atoms with Crippen LogP contribution in [0.5, 0.6) is 0 Å². The minimum Gasteiger partial charge on any atom is -0.309 e. The van der Waals surface area contributed by atoms with Gasteiger partial charge in [-0.1, -0.05) is 65.9 Å². The molecular weight excluding hydrogens is 546 g/mol. The predicted octanol–water partition coefficient (Wildman–Crippen LogP) is 4.34. The maximum atomic E-state index is 13.2. The van der Waals surface area contributed by atoms with Gasteiger partial charge in [-0.25, -0.2) is 13.1 Å². The van der Waals surface area contributed by atoms with Crippen molar-refractivity contribution in [3.63, 3.8) is 0 Å². The first kappa shape index (κ1) is 26.9. The molecule has 0 aliphatic carbocycles. The molecule has 2 heterocycles. The second-order valence-electron chi connectivity index (χ2n) is 8.74. The van der Waals surface area contributed by atoms with Crippen LogP contribution in [0.25, 0.3) is 11.4 Å². The van der Waals surface area contributed by atoms with Gasteiger partial charge >= 0.3 is 0 Å². The highest BCUT2D eigenvalue weighted by molar-refractivity contribution is 7.99. The van der Waals surface area contributed by atoms with E-state index >= 15 is 0 Å². The molecule has 3 aromatic carbocycles. The van der Waals surface area contributed by atoms with E-state index in [2.05, 4.69) is 20.6 Å². The van der Waals surface area contributed by atoms with Crippen molar-refractivity contribution >= 4 is 33.3 Å². The fourth-order valence-electron chi connectivity index (χ4n) is 3.94. The third-order valence-electron chi connectivity index (χ3n) is 5.89. The third-order valence-corrected chi connectivity index (χ3v) is 8.45. The number of aromatic nitrogens is 5. The van der Waals surface area contributed by atoms with E-state index in [-0.39, 0.29) is 33.6 Å². The lowest BCUT2D eigenvalue weighted by atomic mass is 10.2. The van der Waals surface area contributed by atoms with Gasteiger partial charge in [0.1, 0.15) is 17.4 Å². The number of carbonyl (C=O) groups is 1. The number of carbonyl (C=O) groups excluding carboxylic acids is 1. The minimum absolute atomic E-state index is 0.0689. The number of benzene rings is 3. The molecule has 1 amide bonds. The van der Waals surface area contributed by atoms with Crippen LogP contribution in [0.3, 0.4) is 0 Å². The molecule has 0 saturated carbocycles. The Balaban J connectivity index is 1.39. The van der Waals surface area contributed by atoms with Gasteiger partial charge in [0.2, 0.25) is 5.91 Å². The molecule has 0 atom stereocenters. The Morgan fingerprint density at radius 2 is 1.60 bits per heavy atom. The smallest absolute Gasteiger partial charge is 0.236 e. The molecule has 0 bridgehead atoms. The molecule has 5 aromatic rings. The lowest BCUT2D eigenvalue weighted by molar-refractivity contribution is -0.113. The molecule has 5 rings (SSSR count). The van der Waals surface area contributed by atoms with Crippen LogP contribution < -0.4 is 5.32 Å². The van der Waals surface area contributed by atoms with Crippen molar-refractivity contribution in [1.82, 2.24) is 24.5 Å². The summed E-state index contributed by atoms with van der Waals surface area (Å²) in [4.78, 5) is 13.2. The molecule has 0 spiro atoms. The number of rotatable bonds is 9. The van der Waals surface area contributed by atoms with Crippen molar-refractivity contribution in [1.29, 1.82) is 5.26 Å². The van der Waals surface area contributed by atoms with Crippen LogP contribution in [0, 0.1) is 18.3 Å². The SMILES string of the molecule is Cc1ccc(S(=O)(=O)Cc2nnc(SCC(=O)Nc3c(C#N)cnn3-c3ccccc3)n2-c2ccccc2)cc1. The molecule has 12 heteroatoms. The summed E-state index contributed by atoms with van der Waals surface area (Å²) >= 11 is 1.10. The number of para-hydroxylation sites is 2. The van der Waals surface area contributed by atoms with Gasteiger partial charge in [-0.05, 0) is 43.3 Å². The molecule has 1 N–H and O–H groups in total. The highest BCUT2D eigenvalue weighted by Gasteiger charge is 2.23. The third kappa shape index (κ3) is 5.80. The number of nitrogens with zero attached hydrogens (tertiary/aromatic N) is 6. The molecule has 0 unspecified atom stereocenters. The van der Waals surface area contributed by atoms with Crippen LogP contribution in [0.15, 0.2) is 101 Å². The Hall–Kier alpha value is -4.73. The first-order valence-corrected chi connectivity index (χ1v) is 14.7. The lowest BCUT2D eigenvalue weighted by Gasteiger charge is -2.12. The molecule has 40 heavy (non-hydrogen) atoms. The molecule has 0 fully saturated rings. The number of thioether (sulfide) groups is 1. The number of amides is 1. The zero-order valence-electron chi connectivity index (χ0n) is 21.3. The Bertz CT molecular complexity index is 1790. The summed E-state index contributed by atoms with van der Waals surface area (Å²) in [5, 5.41) is 25.3. The number of nitrogens with one attached hydrogen (secondary N) is 1. The maximum Gasteiger partial charge on any atom is 0.236 e. The van der Waals surface area contributed by atoms with Gasteiger partial charge in [0.05, 0.1) is 22.5 Å². The van der Waals surface area contributed by atoms with Crippen LogP contribution in [-0.4, -0.2) is 44.6 Å². The van der Waals surface area contributed by atoms with Gasteiger partial charge in [-0.2, -0.15) is 10.4 Å². The number of hydrogen-bond donors (Lipinski definition) is 1. The van der Waals surface area contributed by atoms with E-state index in [1.165, 1.54) is 10.9 Å². The second kappa shape index (κ2) is 11.6. The number of sulfone groups is 1. The largest absolute Gasteiger partial charge is 0.309 e. The monoisotopic (exact) mass is 569 g/mol. The standard InChI is InChI=1S/C28H23N7O3S2/c1-20-12-14-24(15-13-20)40(37,38)19-25-32-33-28(34(25)22-8-4-2-5-9-22)39-18-26(36)31-27-21(16-29)17-30-35(27)23-10-6-3-7-11-23/h2-15,17H,18-19H2,1H3,(H,31,36). The van der Waals surface area contributed by atoms with Crippen molar-refractivity contribution in [2.45, 2.75) is 22.7 Å². The van der Waals surface area contributed by atoms with Gasteiger partial charge in [0.15, 0.2) is 26.6 Å². The second-order valence-corrected chi connectivity index (χ2v) is 11.7. The Labute approximate surface area is 235 Å². The van der Waals surface area contributed by atoms with Crippen molar-refractivity contribution in [2.75, 3.05) is 11.1 Å². The fourth-order valence-corrected chi connectivity index (χ4v) is 5.95. The summed E-state index contributed by atoms with van der Waals surface area (Å²) < 4.78 is 29.5. The Morgan fingerprint density at radius 1 is 0.950 bits per heavy atom. The quantitative estimate of drug-likeness (QED) is 0.259. The molecule has 0 radical (unpaired) electrons. The van der Waals surface area contributed by atoms with Gasteiger partial charge in [-0.3, -0.25) is 9.36 Å². The molecule has 0 aliphatic rings. The summed E-state index contributed by atoms with van der Waals surface area (Å²) in [5.41, 5.74) is 2.53. The number of nitriles is 1. The summed E-state index contributed by atoms with van der Waals surface area (Å²) in [5.74, 6) is -0.347. The first-order valence-electron chi connectivity index (χ1n) is 12.1. The summed E-state index contributed by atoms with van der Waals surface area (Å²) in [6.45, 7) is 1.89. The van der Waals surface area contributed by atoms with Gasteiger partial charge in [0.25, 0.3) is 0 Å². The van der Waals surface area contributed by atoms with E-state index in [0.717, 1.165) is 17.3 Å². The minimum atomic E-state index is -3.70. The van der Waals surface area contributed by atoms with E-state index in [1.807, 2.05) is 73.7 Å². The highest BCUT2D eigenvalue weighted by atomic mass is 32.2. The van der Waals surface area contributed by atoms with Crippen LogP contribution in [0.1, 0.15) is 17.0 Å². The van der Waals surface area contributed by atoms with Crippen molar-refractivity contribution < 1.29 is 13.2 Å². The van der Waals surface area contributed by atoms with Crippen LogP contribution in [0.2, 0.25) is 0 Å². The molecule has 200 valence electrons. The average molecular weight is 570 g/mol. The highest BCUT2D eigenvalue weighted by Crippen LogP contribution is 2.26. The molecule has 0 aliphatic heterocycles. The zero-order chi connectivity index (χ0) is 28.1. The van der Waals surface area contributed by atoms with E-state index in [9.17, 15) is 18.5 Å². The van der Waals surface area contributed by atoms with E-state index < -0.39 is 15.7 Å². The molecule has 2 aromatic heterocycles. The number of anilines is 1. The topological polar surface area (TPSA) is 136 Å². The summed E-state index contributed by atoms with van der Waals surface area (Å²) in [6, 6.07) is 26.9. The fraction of sp³-hybridized carbons (Fsp3) is 0.107. The Kier molecular flexibility index (Phi) is 7.77. The predicted molar refractivity (Wildman–Crippen MR) is 151 cm³/mol. The van der Waals surface area contributed by atoms with Gasteiger partial charge in [0, 0.05) is 5.69 Å². The Morgan fingerprint density at radius 3 is 2.25 bits per heavy atom. The van der Waals surface area contributed by atoms with Crippen molar-refractivity contribution in [3.8, 4) is 17.4 Å². The maximum absolute atomic E-state index is 13.2. The zero-order valence-corrected chi connectivity index (χ0v) is 22.9. The van der Waals surface area contributed by atoms with Crippen molar-refractivity contribution in [3.05, 3.63) is 108 Å². The van der Waals surface area contributed by atoms with Gasteiger partial charge in [-0.15, -0.1) is 10.2 Å². The van der Waals surface area contributed by atoms with E-state index in [4.69, 9.17) is 0 Å². The summed E-state index contributed by atoms with van der Waals surface area (Å²) in [6.07, 6.45) is 1.39. The van der Waals surface area contributed by atoms with Crippen LogP contribution >= 0.6 is 11.8 Å². The summed E-state index contributed by atoms with van der Waals surface area (Å²) in [7, 11) is -3.70. The number of hydrogen-bond acceptors (Lipinski definition) is 8. The van der Waals surface area contributed by atoms with Crippen molar-refractivity contribution in [2.24, 2.45) is 0 Å². The molecule has 0 saturated heterocycles. The normalized spacial score (nSPS) is 11.2. The van der Waals surface area contributed by atoms with E-state index in [1.54, 1.807) is 28.8 Å². The first-order chi connectivity index (χ1) is 19.4. The van der Waals surface area contributed by atoms with E-state index in [0.29, 0.717) is 16.5 Å². The van der Waals surface area contributed by atoms with Crippen LogP contribution in [-0.2, 0) is 20.4 Å². The van der Waals surface area contributed by atoms with Crippen LogP contribution in [0.4, 0.5) is 5.82 Å².